The first kappa shape index (κ1) is 21.8. The zero-order chi connectivity index (χ0) is 22.5. The van der Waals surface area contributed by atoms with E-state index >= 15 is 0 Å². The molecular weight excluding hydrogens is 428 g/mol. The molecule has 2 aromatic carbocycles. The van der Waals surface area contributed by atoms with E-state index in [0.717, 1.165) is 12.0 Å². The van der Waals surface area contributed by atoms with E-state index in [1.54, 1.807) is 35.1 Å². The van der Waals surface area contributed by atoms with Crippen LogP contribution in [0.1, 0.15) is 52.0 Å². The lowest BCUT2D eigenvalue weighted by Gasteiger charge is -2.13. The normalized spacial score (nSPS) is 12.8. The van der Waals surface area contributed by atoms with Crippen LogP contribution >= 0.6 is 11.6 Å². The molecule has 0 saturated heterocycles. The average molecular weight is 451 g/mol. The van der Waals surface area contributed by atoms with E-state index in [0.29, 0.717) is 54.3 Å². The summed E-state index contributed by atoms with van der Waals surface area (Å²) in [7, 11) is 0. The molecule has 0 aliphatic carbocycles. The number of hydrogen-bond acceptors (Lipinski definition) is 4. The number of carbonyl (C=O) groups is 3. The van der Waals surface area contributed by atoms with Crippen LogP contribution in [0.25, 0.3) is 0 Å². The highest BCUT2D eigenvalue weighted by molar-refractivity contribution is 6.33. The highest BCUT2D eigenvalue weighted by atomic mass is 35.5. The quantitative estimate of drug-likeness (QED) is 0.387. The zero-order valence-electron chi connectivity index (χ0n) is 17.5. The molecule has 8 heteroatoms. The van der Waals surface area contributed by atoms with Crippen molar-refractivity contribution in [2.24, 2.45) is 0 Å². The van der Waals surface area contributed by atoms with Crippen LogP contribution in [0.15, 0.2) is 60.8 Å². The van der Waals surface area contributed by atoms with E-state index in [9.17, 15) is 14.4 Å². The van der Waals surface area contributed by atoms with E-state index in [-0.39, 0.29) is 17.7 Å². The van der Waals surface area contributed by atoms with Crippen LogP contribution in [0.3, 0.4) is 0 Å². The molecule has 164 valence electrons. The molecule has 0 unspecified atom stereocenters. The maximum atomic E-state index is 12.4. The molecule has 0 atom stereocenters. The summed E-state index contributed by atoms with van der Waals surface area (Å²) in [5.74, 6) is -0.315. The molecule has 0 saturated carbocycles. The van der Waals surface area contributed by atoms with Gasteiger partial charge in [0.25, 0.3) is 11.8 Å². The molecule has 2 heterocycles. The average Bonchev–Trinajstić information content (AvgIpc) is 3.25. The Bertz CT molecular complexity index is 1110. The summed E-state index contributed by atoms with van der Waals surface area (Å²) in [5, 5.41) is 7.49. The first-order valence-electron chi connectivity index (χ1n) is 10.5. The zero-order valence-corrected chi connectivity index (χ0v) is 18.2. The second kappa shape index (κ2) is 9.78. The van der Waals surface area contributed by atoms with Crippen molar-refractivity contribution in [1.82, 2.24) is 14.7 Å². The Morgan fingerprint density at radius 1 is 0.906 bits per heavy atom. The summed E-state index contributed by atoms with van der Waals surface area (Å²) >= 11 is 6.21. The van der Waals surface area contributed by atoms with Crippen molar-refractivity contribution in [3.8, 4) is 0 Å². The third kappa shape index (κ3) is 4.89. The number of nitrogens with zero attached hydrogens (tertiary/aromatic N) is 3. The lowest BCUT2D eigenvalue weighted by Crippen LogP contribution is -2.30. The van der Waals surface area contributed by atoms with Crippen LogP contribution < -0.4 is 5.32 Å². The Hall–Kier alpha value is -3.45. The van der Waals surface area contributed by atoms with Gasteiger partial charge in [0.2, 0.25) is 5.91 Å². The van der Waals surface area contributed by atoms with Crippen LogP contribution in [-0.2, 0) is 11.3 Å². The molecule has 7 nitrogen and oxygen atoms in total. The fourth-order valence-corrected chi connectivity index (χ4v) is 3.90. The number of nitrogens with one attached hydrogen (secondary N) is 1. The van der Waals surface area contributed by atoms with Gasteiger partial charge in [-0.05, 0) is 30.5 Å². The molecule has 0 fully saturated rings. The molecular formula is C24H23ClN4O3. The minimum Gasteiger partial charge on any atom is -0.308 e. The van der Waals surface area contributed by atoms with Gasteiger partial charge in [0.1, 0.15) is 5.02 Å². The van der Waals surface area contributed by atoms with Crippen LogP contribution in [0.2, 0.25) is 5.02 Å². The van der Waals surface area contributed by atoms with Crippen molar-refractivity contribution in [1.29, 1.82) is 0 Å². The Labute approximate surface area is 191 Å². The predicted molar refractivity (Wildman–Crippen MR) is 122 cm³/mol. The number of carbonyl (C=O) groups excluding carboxylic acids is 3. The van der Waals surface area contributed by atoms with Crippen molar-refractivity contribution < 1.29 is 14.4 Å². The number of aromatic nitrogens is 2. The lowest BCUT2D eigenvalue weighted by atomic mass is 10.1. The minimum atomic E-state index is -0.246. The number of rotatable bonds is 9. The Kier molecular flexibility index (Phi) is 6.66. The molecule has 1 aliphatic heterocycles. The first-order valence-corrected chi connectivity index (χ1v) is 10.9. The fourth-order valence-electron chi connectivity index (χ4n) is 3.70. The maximum Gasteiger partial charge on any atom is 0.261 e. The van der Waals surface area contributed by atoms with E-state index in [4.69, 9.17) is 11.6 Å². The van der Waals surface area contributed by atoms with Crippen molar-refractivity contribution >= 4 is 35.1 Å². The van der Waals surface area contributed by atoms with Crippen LogP contribution in [0, 0.1) is 0 Å². The molecule has 32 heavy (non-hydrogen) atoms. The number of fused-ring (bicyclic) bond motifs is 1. The summed E-state index contributed by atoms with van der Waals surface area (Å²) in [6.07, 6.45) is 4.00. The van der Waals surface area contributed by atoms with E-state index in [1.165, 1.54) is 4.90 Å². The fraction of sp³-hybridized carbons (Fsp3) is 0.250. The topological polar surface area (TPSA) is 84.3 Å². The number of benzene rings is 2. The monoisotopic (exact) mass is 450 g/mol. The van der Waals surface area contributed by atoms with Crippen LogP contribution in [-0.4, -0.2) is 38.9 Å². The Morgan fingerprint density at radius 3 is 2.25 bits per heavy atom. The first-order chi connectivity index (χ1) is 15.5. The third-order valence-corrected chi connectivity index (χ3v) is 5.60. The number of amides is 3. The molecule has 1 aromatic heterocycles. The SMILES string of the molecule is O=C(CCCCCN1C(=O)c2ccccc2C1=O)Nc1nn(Cc2ccccc2)cc1Cl. The summed E-state index contributed by atoms with van der Waals surface area (Å²) in [4.78, 5) is 38.3. The number of hydrogen-bond donors (Lipinski definition) is 1. The molecule has 4 rings (SSSR count). The van der Waals surface area contributed by atoms with Crippen molar-refractivity contribution in [3.05, 3.63) is 82.5 Å². The van der Waals surface area contributed by atoms with Gasteiger partial charge in [-0.25, -0.2) is 0 Å². The molecule has 0 bridgehead atoms. The van der Waals surface area contributed by atoms with E-state index < -0.39 is 0 Å². The molecule has 0 radical (unpaired) electrons. The third-order valence-electron chi connectivity index (χ3n) is 5.33. The molecule has 1 aliphatic rings. The van der Waals surface area contributed by atoms with Crippen LogP contribution in [0.5, 0.6) is 0 Å². The van der Waals surface area contributed by atoms with Gasteiger partial charge >= 0.3 is 0 Å². The van der Waals surface area contributed by atoms with Gasteiger partial charge in [-0.15, -0.1) is 0 Å². The number of halogens is 1. The number of unbranched alkanes of at least 4 members (excludes halogenated alkanes) is 2. The summed E-state index contributed by atoms with van der Waals surface area (Å²) < 4.78 is 1.69. The standard InChI is InChI=1S/C24H23ClN4O3/c25-20-16-28(15-17-9-3-1-4-10-17)27-22(20)26-21(30)13-5-2-8-14-29-23(31)18-11-6-7-12-19(18)24(29)32/h1,3-4,6-7,9-12,16H,2,5,8,13-15H2,(H,26,27,30). The lowest BCUT2D eigenvalue weighted by molar-refractivity contribution is -0.116. The molecule has 3 aromatic rings. The van der Waals surface area contributed by atoms with Crippen molar-refractivity contribution in [2.75, 3.05) is 11.9 Å². The second-order valence-electron chi connectivity index (χ2n) is 7.68. The van der Waals surface area contributed by atoms with Gasteiger partial charge in [-0.2, -0.15) is 5.10 Å². The summed E-state index contributed by atoms with van der Waals surface area (Å²) in [5.41, 5.74) is 2.00. The van der Waals surface area contributed by atoms with Gasteiger partial charge in [0.15, 0.2) is 5.82 Å². The second-order valence-corrected chi connectivity index (χ2v) is 8.08. The van der Waals surface area contributed by atoms with Gasteiger partial charge < -0.3 is 5.32 Å². The smallest absolute Gasteiger partial charge is 0.261 e. The van der Waals surface area contributed by atoms with E-state index in [2.05, 4.69) is 10.4 Å². The Balaban J connectivity index is 1.19. The molecule has 3 amide bonds. The molecule has 0 spiro atoms. The van der Waals surface area contributed by atoms with Gasteiger partial charge in [-0.3, -0.25) is 24.0 Å². The van der Waals surface area contributed by atoms with Gasteiger partial charge in [0, 0.05) is 19.2 Å². The van der Waals surface area contributed by atoms with E-state index in [1.807, 2.05) is 30.3 Å². The minimum absolute atomic E-state index is 0.169. The van der Waals surface area contributed by atoms with Crippen LogP contribution in [0.4, 0.5) is 5.82 Å². The number of imide groups is 1. The van der Waals surface area contributed by atoms with Gasteiger partial charge in [-0.1, -0.05) is 60.5 Å². The van der Waals surface area contributed by atoms with Crippen molar-refractivity contribution in [3.63, 3.8) is 0 Å². The summed E-state index contributed by atoms with van der Waals surface area (Å²) in [6, 6.07) is 16.7. The molecule has 1 N–H and O–H groups in total. The highest BCUT2D eigenvalue weighted by Crippen LogP contribution is 2.23. The predicted octanol–water partition coefficient (Wildman–Crippen LogP) is 4.38. The van der Waals surface area contributed by atoms with Crippen molar-refractivity contribution in [2.45, 2.75) is 32.2 Å². The Morgan fingerprint density at radius 2 is 1.56 bits per heavy atom. The highest BCUT2D eigenvalue weighted by Gasteiger charge is 2.34. The maximum absolute atomic E-state index is 12.4. The summed E-state index contributed by atoms with van der Waals surface area (Å²) in [6.45, 7) is 0.915. The largest absolute Gasteiger partial charge is 0.308 e. The number of anilines is 1. The van der Waals surface area contributed by atoms with Gasteiger partial charge in [0.05, 0.1) is 17.7 Å².